The molecule has 0 atom stereocenters. The van der Waals surface area contributed by atoms with Gasteiger partial charge in [-0.25, -0.2) is 9.97 Å². The molecular formula is C18H24N4O. The molecule has 0 spiro atoms. The van der Waals surface area contributed by atoms with Gasteiger partial charge in [0.2, 0.25) is 0 Å². The molecule has 3 rings (SSSR count). The van der Waals surface area contributed by atoms with E-state index in [1.165, 1.54) is 25.7 Å². The molecular weight excluding hydrogens is 288 g/mol. The molecule has 5 heteroatoms. The summed E-state index contributed by atoms with van der Waals surface area (Å²) < 4.78 is 5.66. The second-order valence-corrected chi connectivity index (χ2v) is 5.87. The van der Waals surface area contributed by atoms with Crippen LogP contribution >= 0.6 is 0 Å². The van der Waals surface area contributed by atoms with Gasteiger partial charge in [0, 0.05) is 12.1 Å². The van der Waals surface area contributed by atoms with Gasteiger partial charge in [-0.1, -0.05) is 25.0 Å². The summed E-state index contributed by atoms with van der Waals surface area (Å²) >= 11 is 0. The van der Waals surface area contributed by atoms with Crippen LogP contribution in [0.25, 0.3) is 0 Å². The topological polar surface area (TPSA) is 59.1 Å². The van der Waals surface area contributed by atoms with Gasteiger partial charge in [0.1, 0.15) is 23.2 Å². The lowest BCUT2D eigenvalue weighted by Crippen LogP contribution is -2.16. The highest BCUT2D eigenvalue weighted by atomic mass is 16.5. The van der Waals surface area contributed by atoms with Gasteiger partial charge >= 0.3 is 0 Å². The van der Waals surface area contributed by atoms with Gasteiger partial charge < -0.3 is 15.4 Å². The van der Waals surface area contributed by atoms with Gasteiger partial charge in [-0.2, -0.15) is 0 Å². The third-order valence-electron chi connectivity index (χ3n) is 3.99. The number of nitrogens with zero attached hydrogens (tertiary/aromatic N) is 2. The van der Waals surface area contributed by atoms with E-state index < -0.39 is 0 Å². The van der Waals surface area contributed by atoms with Gasteiger partial charge in [0.05, 0.1) is 12.3 Å². The highest BCUT2D eigenvalue weighted by Crippen LogP contribution is 2.28. The normalized spacial score (nSPS) is 14.7. The standard InChI is InChI=1S/C18H24N4O/c1-3-23-16-11-7-6-10-15(16)22-18-12-17(19-13(2)20-18)21-14-8-4-5-9-14/h6-7,10-12,14H,3-5,8-9H2,1-2H3,(H2,19,20,21,22). The first-order chi connectivity index (χ1) is 11.2. The molecule has 1 fully saturated rings. The molecule has 1 aromatic carbocycles. The Labute approximate surface area is 137 Å². The van der Waals surface area contributed by atoms with E-state index in [0.29, 0.717) is 12.6 Å². The molecule has 0 amide bonds. The van der Waals surface area contributed by atoms with Crippen LogP contribution in [0.4, 0.5) is 17.3 Å². The summed E-state index contributed by atoms with van der Waals surface area (Å²) in [4.78, 5) is 8.99. The molecule has 0 saturated heterocycles. The summed E-state index contributed by atoms with van der Waals surface area (Å²) in [6.07, 6.45) is 5.04. The molecule has 0 unspecified atom stereocenters. The molecule has 1 aliphatic rings. The summed E-state index contributed by atoms with van der Waals surface area (Å²) in [6, 6.07) is 10.4. The number of rotatable bonds is 6. The lowest BCUT2D eigenvalue weighted by atomic mass is 10.2. The Hall–Kier alpha value is -2.30. The van der Waals surface area contributed by atoms with Crippen molar-refractivity contribution in [2.75, 3.05) is 17.2 Å². The van der Waals surface area contributed by atoms with Crippen molar-refractivity contribution in [3.63, 3.8) is 0 Å². The van der Waals surface area contributed by atoms with Crippen LogP contribution in [0.1, 0.15) is 38.4 Å². The van der Waals surface area contributed by atoms with Crippen LogP contribution in [0.15, 0.2) is 30.3 Å². The fraction of sp³-hybridized carbons (Fsp3) is 0.444. The molecule has 0 radical (unpaired) electrons. The zero-order chi connectivity index (χ0) is 16.1. The first kappa shape index (κ1) is 15.6. The van der Waals surface area contributed by atoms with E-state index in [1.54, 1.807) is 0 Å². The summed E-state index contributed by atoms with van der Waals surface area (Å²) in [5.41, 5.74) is 0.916. The Bertz CT molecular complexity index is 653. The van der Waals surface area contributed by atoms with Crippen LogP contribution in [-0.4, -0.2) is 22.6 Å². The number of hydrogen-bond acceptors (Lipinski definition) is 5. The minimum Gasteiger partial charge on any atom is -0.492 e. The van der Waals surface area contributed by atoms with E-state index in [2.05, 4.69) is 20.6 Å². The molecule has 2 aromatic rings. The van der Waals surface area contributed by atoms with Crippen LogP contribution in [0.2, 0.25) is 0 Å². The summed E-state index contributed by atoms with van der Waals surface area (Å²) in [7, 11) is 0. The number of aromatic nitrogens is 2. The van der Waals surface area contributed by atoms with Crippen molar-refractivity contribution in [2.24, 2.45) is 0 Å². The van der Waals surface area contributed by atoms with Crippen molar-refractivity contribution >= 4 is 17.3 Å². The molecule has 1 saturated carbocycles. The average molecular weight is 312 g/mol. The minimum atomic E-state index is 0.535. The molecule has 1 aromatic heterocycles. The van der Waals surface area contributed by atoms with Gasteiger partial charge in [-0.15, -0.1) is 0 Å². The van der Waals surface area contributed by atoms with Gasteiger partial charge in [-0.05, 0) is 38.8 Å². The Balaban J connectivity index is 1.78. The van der Waals surface area contributed by atoms with Crippen LogP contribution < -0.4 is 15.4 Å². The lowest BCUT2D eigenvalue weighted by Gasteiger charge is -2.15. The molecule has 1 heterocycles. The maximum atomic E-state index is 5.66. The maximum Gasteiger partial charge on any atom is 0.142 e. The van der Waals surface area contributed by atoms with Crippen LogP contribution in [0.3, 0.4) is 0 Å². The van der Waals surface area contributed by atoms with Crippen LogP contribution in [0.5, 0.6) is 5.75 Å². The monoisotopic (exact) mass is 312 g/mol. The Morgan fingerprint density at radius 2 is 1.87 bits per heavy atom. The van der Waals surface area contributed by atoms with Crippen molar-refractivity contribution in [1.82, 2.24) is 9.97 Å². The first-order valence-corrected chi connectivity index (χ1v) is 8.35. The number of anilines is 3. The molecule has 0 aliphatic heterocycles. The van der Waals surface area contributed by atoms with Crippen LogP contribution in [0, 0.1) is 6.92 Å². The molecule has 1 aliphatic carbocycles. The second kappa shape index (κ2) is 7.31. The fourth-order valence-corrected chi connectivity index (χ4v) is 2.97. The van der Waals surface area contributed by atoms with E-state index in [9.17, 15) is 0 Å². The zero-order valence-corrected chi connectivity index (χ0v) is 13.8. The smallest absolute Gasteiger partial charge is 0.142 e. The van der Waals surface area contributed by atoms with Crippen molar-refractivity contribution in [3.8, 4) is 5.75 Å². The molecule has 0 bridgehead atoms. The molecule has 122 valence electrons. The largest absolute Gasteiger partial charge is 0.492 e. The summed E-state index contributed by atoms with van der Waals surface area (Å²) in [5.74, 6) is 3.26. The molecule has 23 heavy (non-hydrogen) atoms. The van der Waals surface area contributed by atoms with E-state index in [-0.39, 0.29) is 0 Å². The number of nitrogens with one attached hydrogen (secondary N) is 2. The lowest BCUT2D eigenvalue weighted by molar-refractivity contribution is 0.342. The van der Waals surface area contributed by atoms with E-state index in [1.807, 2.05) is 44.2 Å². The third-order valence-corrected chi connectivity index (χ3v) is 3.99. The third kappa shape index (κ3) is 4.12. The van der Waals surface area contributed by atoms with Gasteiger partial charge in [-0.3, -0.25) is 0 Å². The van der Waals surface area contributed by atoms with Gasteiger partial charge in [0.25, 0.3) is 0 Å². The quantitative estimate of drug-likeness (QED) is 0.833. The molecule has 5 nitrogen and oxygen atoms in total. The van der Waals surface area contributed by atoms with E-state index >= 15 is 0 Å². The molecule has 2 N–H and O–H groups in total. The van der Waals surface area contributed by atoms with Crippen molar-refractivity contribution in [3.05, 3.63) is 36.2 Å². The summed E-state index contributed by atoms with van der Waals surface area (Å²) in [5, 5.41) is 6.87. The average Bonchev–Trinajstić information content (AvgIpc) is 3.02. The fourth-order valence-electron chi connectivity index (χ4n) is 2.97. The Morgan fingerprint density at radius 3 is 2.65 bits per heavy atom. The van der Waals surface area contributed by atoms with Crippen molar-refractivity contribution in [1.29, 1.82) is 0 Å². The maximum absolute atomic E-state index is 5.66. The Kier molecular flexibility index (Phi) is 4.95. The SMILES string of the molecule is CCOc1ccccc1Nc1cc(NC2CCCC2)nc(C)n1. The van der Waals surface area contributed by atoms with E-state index in [4.69, 9.17) is 4.74 Å². The number of aryl methyl sites for hydroxylation is 1. The van der Waals surface area contributed by atoms with Crippen molar-refractivity contribution in [2.45, 2.75) is 45.6 Å². The predicted molar refractivity (Wildman–Crippen MR) is 93.5 cm³/mol. The van der Waals surface area contributed by atoms with Gasteiger partial charge in [0.15, 0.2) is 0 Å². The number of benzene rings is 1. The number of ether oxygens (including phenoxy) is 1. The second-order valence-electron chi connectivity index (χ2n) is 5.87. The highest BCUT2D eigenvalue weighted by Gasteiger charge is 2.15. The van der Waals surface area contributed by atoms with Crippen molar-refractivity contribution < 1.29 is 4.74 Å². The van der Waals surface area contributed by atoms with E-state index in [0.717, 1.165) is 28.9 Å². The predicted octanol–water partition coefficient (Wildman–Crippen LogP) is 4.28. The Morgan fingerprint density at radius 1 is 1.13 bits per heavy atom. The number of para-hydroxylation sites is 2. The number of hydrogen-bond donors (Lipinski definition) is 2. The minimum absolute atomic E-state index is 0.535. The zero-order valence-electron chi connectivity index (χ0n) is 13.8. The first-order valence-electron chi connectivity index (χ1n) is 8.35. The highest BCUT2D eigenvalue weighted by molar-refractivity contribution is 5.65. The van der Waals surface area contributed by atoms with Crippen LogP contribution in [-0.2, 0) is 0 Å². The summed E-state index contributed by atoms with van der Waals surface area (Å²) in [6.45, 7) is 4.53.